The van der Waals surface area contributed by atoms with Crippen LogP contribution >= 0.6 is 0 Å². The van der Waals surface area contributed by atoms with E-state index in [4.69, 9.17) is 4.74 Å². The third-order valence-electron chi connectivity index (χ3n) is 7.82. The number of likely N-dealkylation sites (tertiary alicyclic amines) is 1. The quantitative estimate of drug-likeness (QED) is 0.593. The molecule has 1 aromatic rings. The molecular formula is C25H42N6O2. The number of rotatable bonds is 8. The van der Waals surface area contributed by atoms with E-state index in [0.29, 0.717) is 5.91 Å². The first-order chi connectivity index (χ1) is 16.2. The van der Waals surface area contributed by atoms with Crippen molar-refractivity contribution in [3.05, 3.63) is 12.4 Å². The van der Waals surface area contributed by atoms with Crippen LogP contribution in [0.4, 0.5) is 11.6 Å². The molecule has 0 unspecified atom stereocenters. The highest BCUT2D eigenvalue weighted by molar-refractivity contribution is 5.79. The molecule has 1 amide bonds. The topological polar surface area (TPSA) is 65.0 Å². The van der Waals surface area contributed by atoms with Crippen LogP contribution < -0.4 is 9.80 Å². The van der Waals surface area contributed by atoms with Crippen LogP contribution in [-0.2, 0) is 9.53 Å². The van der Waals surface area contributed by atoms with Crippen LogP contribution in [0.3, 0.4) is 0 Å². The van der Waals surface area contributed by atoms with Gasteiger partial charge in [-0.15, -0.1) is 0 Å². The number of morpholine rings is 1. The van der Waals surface area contributed by atoms with Gasteiger partial charge in [0.1, 0.15) is 18.0 Å². The van der Waals surface area contributed by atoms with Crippen molar-refractivity contribution in [2.24, 2.45) is 11.8 Å². The number of carbonyl (C=O) groups is 1. The standard InChI is InChI=1S/C25H42N6O2/c1-3-28(4-2)10-5-21-6-11-31(12-7-21)25(32)22-8-13-29(14-9-22)23-19-24(27-20-26-23)30-15-17-33-18-16-30/h19-22H,3-18H2,1-2H3. The number of aromatic nitrogens is 2. The van der Waals surface area contributed by atoms with Crippen molar-refractivity contribution in [2.45, 2.75) is 46.0 Å². The molecule has 8 nitrogen and oxygen atoms in total. The number of anilines is 2. The number of hydrogen-bond donors (Lipinski definition) is 0. The number of carbonyl (C=O) groups excluding carboxylic acids is 1. The van der Waals surface area contributed by atoms with Gasteiger partial charge in [-0.25, -0.2) is 9.97 Å². The third kappa shape index (κ3) is 6.35. The Morgan fingerprint density at radius 2 is 1.55 bits per heavy atom. The van der Waals surface area contributed by atoms with E-state index in [-0.39, 0.29) is 5.92 Å². The van der Waals surface area contributed by atoms with Gasteiger partial charge in [0.05, 0.1) is 13.2 Å². The smallest absolute Gasteiger partial charge is 0.225 e. The Labute approximate surface area is 199 Å². The molecule has 4 heterocycles. The van der Waals surface area contributed by atoms with Crippen molar-refractivity contribution in [3.63, 3.8) is 0 Å². The second kappa shape index (κ2) is 12.0. The van der Waals surface area contributed by atoms with Crippen molar-refractivity contribution < 1.29 is 9.53 Å². The minimum absolute atomic E-state index is 0.161. The minimum Gasteiger partial charge on any atom is -0.378 e. The van der Waals surface area contributed by atoms with Crippen molar-refractivity contribution >= 4 is 17.5 Å². The normalized spacial score (nSPS) is 21.1. The van der Waals surface area contributed by atoms with Gasteiger partial charge in [0.15, 0.2) is 0 Å². The molecule has 0 spiro atoms. The molecule has 184 valence electrons. The zero-order valence-electron chi connectivity index (χ0n) is 20.6. The maximum Gasteiger partial charge on any atom is 0.225 e. The first kappa shape index (κ1) is 24.2. The highest BCUT2D eigenvalue weighted by Crippen LogP contribution is 2.28. The zero-order chi connectivity index (χ0) is 23.0. The lowest BCUT2D eigenvalue weighted by molar-refractivity contribution is -0.137. The summed E-state index contributed by atoms with van der Waals surface area (Å²) in [6.07, 6.45) is 7.10. The molecule has 0 atom stereocenters. The highest BCUT2D eigenvalue weighted by atomic mass is 16.5. The average molecular weight is 459 g/mol. The molecular weight excluding hydrogens is 416 g/mol. The van der Waals surface area contributed by atoms with Crippen molar-refractivity contribution in [3.8, 4) is 0 Å². The molecule has 33 heavy (non-hydrogen) atoms. The molecule has 0 N–H and O–H groups in total. The number of nitrogens with zero attached hydrogens (tertiary/aromatic N) is 6. The van der Waals surface area contributed by atoms with Crippen LogP contribution in [-0.4, -0.2) is 97.8 Å². The molecule has 4 rings (SSSR count). The molecule has 0 aromatic carbocycles. The number of amides is 1. The Morgan fingerprint density at radius 3 is 2.15 bits per heavy atom. The fourth-order valence-corrected chi connectivity index (χ4v) is 5.44. The second-order valence-corrected chi connectivity index (χ2v) is 9.68. The predicted molar refractivity (Wildman–Crippen MR) is 132 cm³/mol. The molecule has 3 aliphatic heterocycles. The van der Waals surface area contributed by atoms with Gasteiger partial charge in [-0.05, 0) is 57.7 Å². The minimum atomic E-state index is 0.161. The molecule has 3 saturated heterocycles. The van der Waals surface area contributed by atoms with Crippen LogP contribution in [0.1, 0.15) is 46.0 Å². The lowest BCUT2D eigenvalue weighted by Gasteiger charge is -2.38. The maximum absolute atomic E-state index is 13.2. The van der Waals surface area contributed by atoms with E-state index >= 15 is 0 Å². The molecule has 8 heteroatoms. The van der Waals surface area contributed by atoms with E-state index in [9.17, 15) is 4.79 Å². The molecule has 3 fully saturated rings. The fraction of sp³-hybridized carbons (Fsp3) is 0.800. The predicted octanol–water partition coefficient (Wildman–Crippen LogP) is 2.50. The van der Waals surface area contributed by atoms with Gasteiger partial charge in [-0.1, -0.05) is 13.8 Å². The van der Waals surface area contributed by atoms with Gasteiger partial charge in [0, 0.05) is 51.3 Å². The zero-order valence-corrected chi connectivity index (χ0v) is 20.6. The summed E-state index contributed by atoms with van der Waals surface area (Å²) >= 11 is 0. The van der Waals surface area contributed by atoms with Gasteiger partial charge < -0.3 is 24.3 Å². The van der Waals surface area contributed by atoms with E-state index < -0.39 is 0 Å². The van der Waals surface area contributed by atoms with Crippen LogP contribution in [0.15, 0.2) is 12.4 Å². The number of ether oxygens (including phenoxy) is 1. The first-order valence-electron chi connectivity index (χ1n) is 13.1. The molecule has 0 aliphatic carbocycles. The summed E-state index contributed by atoms with van der Waals surface area (Å²) in [5, 5.41) is 0. The SMILES string of the molecule is CCN(CC)CCC1CCN(C(=O)C2CCN(c3cc(N4CCOCC4)ncn3)CC2)CC1. The van der Waals surface area contributed by atoms with Crippen LogP contribution in [0, 0.1) is 11.8 Å². The first-order valence-corrected chi connectivity index (χ1v) is 13.1. The fourth-order valence-electron chi connectivity index (χ4n) is 5.44. The second-order valence-electron chi connectivity index (χ2n) is 9.68. The van der Waals surface area contributed by atoms with Gasteiger partial charge in [0.25, 0.3) is 0 Å². The molecule has 0 bridgehead atoms. The van der Waals surface area contributed by atoms with E-state index in [1.807, 2.05) is 0 Å². The molecule has 0 saturated carbocycles. The summed E-state index contributed by atoms with van der Waals surface area (Å²) in [6.45, 7) is 14.8. The Kier molecular flexibility index (Phi) is 8.78. The van der Waals surface area contributed by atoms with Crippen molar-refractivity contribution in [1.82, 2.24) is 19.8 Å². The number of piperidine rings is 2. The molecule has 3 aliphatic rings. The van der Waals surface area contributed by atoms with Gasteiger partial charge >= 0.3 is 0 Å². The van der Waals surface area contributed by atoms with Crippen LogP contribution in [0.25, 0.3) is 0 Å². The lowest BCUT2D eigenvalue weighted by atomic mass is 9.90. The van der Waals surface area contributed by atoms with E-state index in [0.717, 1.165) is 109 Å². The Bertz CT molecular complexity index is 736. The van der Waals surface area contributed by atoms with Crippen molar-refractivity contribution in [2.75, 3.05) is 81.9 Å². The van der Waals surface area contributed by atoms with Gasteiger partial charge in [0.2, 0.25) is 5.91 Å². The van der Waals surface area contributed by atoms with Crippen LogP contribution in [0.5, 0.6) is 0 Å². The van der Waals surface area contributed by atoms with E-state index in [1.165, 1.54) is 13.0 Å². The maximum atomic E-state index is 13.2. The summed E-state index contributed by atoms with van der Waals surface area (Å²) in [6, 6.07) is 2.09. The van der Waals surface area contributed by atoms with Crippen LogP contribution in [0.2, 0.25) is 0 Å². The van der Waals surface area contributed by atoms with Crippen molar-refractivity contribution in [1.29, 1.82) is 0 Å². The summed E-state index contributed by atoms with van der Waals surface area (Å²) < 4.78 is 5.46. The van der Waals surface area contributed by atoms with Gasteiger partial charge in [-0.2, -0.15) is 0 Å². The Morgan fingerprint density at radius 1 is 0.939 bits per heavy atom. The third-order valence-corrected chi connectivity index (χ3v) is 7.82. The molecule has 1 aromatic heterocycles. The average Bonchev–Trinajstić information content (AvgIpc) is 2.90. The monoisotopic (exact) mass is 458 g/mol. The summed E-state index contributed by atoms with van der Waals surface area (Å²) in [5.41, 5.74) is 0. The Hall–Kier alpha value is -1.93. The van der Waals surface area contributed by atoms with E-state index in [1.54, 1.807) is 6.33 Å². The summed E-state index contributed by atoms with van der Waals surface area (Å²) in [5.74, 6) is 3.27. The van der Waals surface area contributed by atoms with E-state index in [2.05, 4.69) is 49.5 Å². The lowest BCUT2D eigenvalue weighted by Crippen LogP contribution is -2.46. The highest BCUT2D eigenvalue weighted by Gasteiger charge is 2.31. The summed E-state index contributed by atoms with van der Waals surface area (Å²) in [4.78, 5) is 31.4. The Balaban J connectivity index is 1.22. The van der Waals surface area contributed by atoms with Gasteiger partial charge in [-0.3, -0.25) is 4.79 Å². The molecule has 0 radical (unpaired) electrons. The largest absolute Gasteiger partial charge is 0.378 e. The number of hydrogen-bond acceptors (Lipinski definition) is 7. The summed E-state index contributed by atoms with van der Waals surface area (Å²) in [7, 11) is 0.